The Morgan fingerprint density at radius 1 is 1.20 bits per heavy atom. The molecule has 1 N–H and O–H groups in total. The fourth-order valence-corrected chi connectivity index (χ4v) is 3.74. The number of fused-ring (bicyclic) bond motifs is 1. The van der Waals surface area contributed by atoms with Crippen molar-refractivity contribution >= 4 is 33.9 Å². The standard InChI is InChI=1S/C13H12F3N7S2/c1-4-5-17-11-20-21-12(25-11)24-9-7(3)6(2)8-18-19-10(13(14,15)16)23(8)22-9/h4H,1,5H2,2-3H3,(H,17,20). The molecule has 0 fully saturated rings. The van der Waals surface area contributed by atoms with E-state index in [4.69, 9.17) is 0 Å². The van der Waals surface area contributed by atoms with E-state index in [-0.39, 0.29) is 5.65 Å². The maximum atomic E-state index is 13.1. The van der Waals surface area contributed by atoms with Gasteiger partial charge in [0.05, 0.1) is 0 Å². The van der Waals surface area contributed by atoms with E-state index in [1.54, 1.807) is 19.9 Å². The Labute approximate surface area is 148 Å². The summed E-state index contributed by atoms with van der Waals surface area (Å²) < 4.78 is 40.5. The summed E-state index contributed by atoms with van der Waals surface area (Å²) in [6, 6.07) is 0. The van der Waals surface area contributed by atoms with Gasteiger partial charge in [-0.15, -0.1) is 27.0 Å². The van der Waals surface area contributed by atoms with Crippen molar-refractivity contribution in [2.45, 2.75) is 29.4 Å². The van der Waals surface area contributed by atoms with E-state index in [2.05, 4.69) is 37.4 Å². The summed E-state index contributed by atoms with van der Waals surface area (Å²) in [5.74, 6) is -1.15. The second-order valence-electron chi connectivity index (χ2n) is 4.96. The maximum Gasteiger partial charge on any atom is 0.453 e. The zero-order valence-electron chi connectivity index (χ0n) is 13.1. The predicted octanol–water partition coefficient (Wildman–Crippen LogP) is 3.36. The molecule has 0 aromatic carbocycles. The molecule has 0 amide bonds. The largest absolute Gasteiger partial charge is 0.453 e. The molecule has 0 spiro atoms. The summed E-state index contributed by atoms with van der Waals surface area (Å²) >= 11 is 2.42. The van der Waals surface area contributed by atoms with E-state index < -0.39 is 12.0 Å². The van der Waals surface area contributed by atoms with Gasteiger partial charge in [0.15, 0.2) is 9.99 Å². The monoisotopic (exact) mass is 387 g/mol. The zero-order chi connectivity index (χ0) is 18.2. The van der Waals surface area contributed by atoms with Crippen molar-refractivity contribution in [2.24, 2.45) is 0 Å². The number of nitrogens with zero attached hydrogens (tertiary/aromatic N) is 6. The van der Waals surface area contributed by atoms with Crippen LogP contribution < -0.4 is 5.32 Å². The highest BCUT2D eigenvalue weighted by molar-refractivity contribution is 8.01. The van der Waals surface area contributed by atoms with Crippen molar-refractivity contribution < 1.29 is 13.2 Å². The van der Waals surface area contributed by atoms with Gasteiger partial charge in [-0.3, -0.25) is 0 Å². The highest BCUT2D eigenvalue weighted by Crippen LogP contribution is 2.35. The lowest BCUT2D eigenvalue weighted by Gasteiger charge is -2.09. The molecule has 132 valence electrons. The third-order valence-corrected chi connectivity index (χ3v) is 5.30. The SMILES string of the molecule is C=CCNc1nnc(Sc2nn3c(C(F)(F)F)nnc3c(C)c2C)s1. The minimum atomic E-state index is -4.64. The molecule has 0 bridgehead atoms. The molecule has 3 heterocycles. The Morgan fingerprint density at radius 2 is 1.96 bits per heavy atom. The van der Waals surface area contributed by atoms with Gasteiger partial charge in [-0.1, -0.05) is 17.4 Å². The first-order chi connectivity index (χ1) is 11.8. The number of hydrogen-bond acceptors (Lipinski definition) is 8. The first-order valence-corrected chi connectivity index (χ1v) is 8.60. The fourth-order valence-electron chi connectivity index (χ4n) is 1.94. The second kappa shape index (κ2) is 6.59. The fraction of sp³-hybridized carbons (Fsp3) is 0.308. The Morgan fingerprint density at radius 3 is 2.64 bits per heavy atom. The number of anilines is 1. The van der Waals surface area contributed by atoms with Crippen LogP contribution in [0.3, 0.4) is 0 Å². The van der Waals surface area contributed by atoms with Crippen molar-refractivity contribution in [1.82, 2.24) is 30.0 Å². The van der Waals surface area contributed by atoms with Crippen LogP contribution in [-0.4, -0.2) is 36.6 Å². The van der Waals surface area contributed by atoms with Gasteiger partial charge in [0.1, 0.15) is 5.03 Å². The molecule has 0 unspecified atom stereocenters. The van der Waals surface area contributed by atoms with E-state index in [0.717, 1.165) is 21.8 Å². The maximum absolute atomic E-state index is 13.1. The van der Waals surface area contributed by atoms with Crippen molar-refractivity contribution in [3.05, 3.63) is 29.6 Å². The van der Waals surface area contributed by atoms with E-state index in [1.165, 1.54) is 11.3 Å². The van der Waals surface area contributed by atoms with Crippen LogP contribution in [0.5, 0.6) is 0 Å². The van der Waals surface area contributed by atoms with Gasteiger partial charge in [-0.25, -0.2) is 0 Å². The summed E-state index contributed by atoms with van der Waals surface area (Å²) in [5, 5.41) is 22.9. The van der Waals surface area contributed by atoms with Crippen LogP contribution in [0.4, 0.5) is 18.3 Å². The quantitative estimate of drug-likeness (QED) is 0.672. The number of aromatic nitrogens is 6. The highest BCUT2D eigenvalue weighted by Gasteiger charge is 2.38. The first-order valence-electron chi connectivity index (χ1n) is 6.97. The van der Waals surface area contributed by atoms with Crippen molar-refractivity contribution in [3.8, 4) is 0 Å². The van der Waals surface area contributed by atoms with E-state index >= 15 is 0 Å². The Kier molecular flexibility index (Phi) is 4.64. The smallest absolute Gasteiger partial charge is 0.357 e. The number of alkyl halides is 3. The minimum Gasteiger partial charge on any atom is -0.357 e. The highest BCUT2D eigenvalue weighted by atomic mass is 32.2. The second-order valence-corrected chi connectivity index (χ2v) is 7.17. The van der Waals surface area contributed by atoms with Crippen LogP contribution in [0.25, 0.3) is 5.65 Å². The third-order valence-electron chi connectivity index (χ3n) is 3.29. The molecule has 25 heavy (non-hydrogen) atoms. The van der Waals surface area contributed by atoms with Crippen LogP contribution in [-0.2, 0) is 6.18 Å². The molecule has 12 heteroatoms. The van der Waals surface area contributed by atoms with E-state index in [1.807, 2.05) is 0 Å². The lowest BCUT2D eigenvalue weighted by atomic mass is 10.2. The molecule has 0 aliphatic heterocycles. The minimum absolute atomic E-state index is 0.0831. The van der Waals surface area contributed by atoms with Gasteiger partial charge < -0.3 is 5.32 Å². The van der Waals surface area contributed by atoms with E-state index in [0.29, 0.717) is 26.6 Å². The molecule has 3 aromatic rings. The summed E-state index contributed by atoms with van der Waals surface area (Å²) in [6.45, 7) is 7.59. The number of halogens is 3. The number of aryl methyl sites for hydroxylation is 1. The molecule has 0 aliphatic carbocycles. The molecule has 0 radical (unpaired) electrons. The zero-order valence-corrected chi connectivity index (χ0v) is 14.8. The van der Waals surface area contributed by atoms with Crippen LogP contribution in [0.2, 0.25) is 0 Å². The summed E-state index contributed by atoms with van der Waals surface area (Å²) in [7, 11) is 0. The number of rotatable bonds is 5. The molecule has 0 saturated heterocycles. The van der Waals surface area contributed by atoms with Crippen molar-refractivity contribution in [1.29, 1.82) is 0 Å². The average Bonchev–Trinajstić information content (AvgIpc) is 3.16. The van der Waals surface area contributed by atoms with Gasteiger partial charge in [-0.2, -0.15) is 22.8 Å². The van der Waals surface area contributed by atoms with Gasteiger partial charge in [0.2, 0.25) is 5.13 Å². The Balaban J connectivity index is 1.99. The van der Waals surface area contributed by atoms with Crippen molar-refractivity contribution in [2.75, 3.05) is 11.9 Å². The molecule has 3 rings (SSSR count). The molecule has 0 atom stereocenters. The van der Waals surface area contributed by atoms with Gasteiger partial charge in [0, 0.05) is 12.1 Å². The average molecular weight is 387 g/mol. The van der Waals surface area contributed by atoms with Crippen LogP contribution in [0.15, 0.2) is 22.0 Å². The van der Waals surface area contributed by atoms with Gasteiger partial charge >= 0.3 is 6.18 Å². The van der Waals surface area contributed by atoms with E-state index in [9.17, 15) is 13.2 Å². The predicted molar refractivity (Wildman–Crippen MR) is 88.0 cm³/mol. The molecule has 0 aliphatic rings. The molecule has 0 saturated carbocycles. The number of hydrogen-bond donors (Lipinski definition) is 1. The van der Waals surface area contributed by atoms with Gasteiger partial charge in [0.25, 0.3) is 5.82 Å². The number of nitrogens with one attached hydrogen (secondary N) is 1. The lowest BCUT2D eigenvalue weighted by molar-refractivity contribution is -0.146. The van der Waals surface area contributed by atoms with Crippen LogP contribution in [0, 0.1) is 13.8 Å². The summed E-state index contributed by atoms with van der Waals surface area (Å²) in [4.78, 5) is 0. The Hall–Kier alpha value is -2.21. The third kappa shape index (κ3) is 3.44. The van der Waals surface area contributed by atoms with Gasteiger partial charge in [-0.05, 0) is 31.2 Å². The first kappa shape index (κ1) is 17.6. The molecular formula is C13H12F3N7S2. The Bertz CT molecular complexity index is 932. The molecule has 3 aromatic heterocycles. The lowest BCUT2D eigenvalue weighted by Crippen LogP contribution is -2.13. The topological polar surface area (TPSA) is 80.9 Å². The van der Waals surface area contributed by atoms with Crippen LogP contribution >= 0.6 is 23.1 Å². The molecule has 7 nitrogen and oxygen atoms in total. The van der Waals surface area contributed by atoms with Crippen molar-refractivity contribution in [3.63, 3.8) is 0 Å². The summed E-state index contributed by atoms with van der Waals surface area (Å²) in [5.41, 5.74) is 1.38. The van der Waals surface area contributed by atoms with Crippen LogP contribution in [0.1, 0.15) is 17.0 Å². The summed E-state index contributed by atoms with van der Waals surface area (Å²) in [6.07, 6.45) is -2.96. The molecular weight excluding hydrogens is 375 g/mol. The normalized spacial score (nSPS) is 11.9.